The molecule has 0 fully saturated rings. The quantitative estimate of drug-likeness (QED) is 0.608. The van der Waals surface area contributed by atoms with Crippen LogP contribution in [0.3, 0.4) is 0 Å². The molecule has 0 amide bonds. The summed E-state index contributed by atoms with van der Waals surface area (Å²) in [5.41, 5.74) is 2.00. The van der Waals surface area contributed by atoms with Crippen LogP contribution in [0, 0.1) is 6.61 Å². The van der Waals surface area contributed by atoms with E-state index in [4.69, 9.17) is 0 Å². The van der Waals surface area contributed by atoms with E-state index in [1.807, 2.05) is 12.1 Å². The number of halogens is 3. The fraction of sp³-hybridized carbons (Fsp3) is 0.250. The summed E-state index contributed by atoms with van der Waals surface area (Å²) in [5.74, 6) is -0.521. The van der Waals surface area contributed by atoms with Gasteiger partial charge in [0.05, 0.1) is 6.20 Å². The van der Waals surface area contributed by atoms with E-state index in [0.717, 1.165) is 6.20 Å². The summed E-state index contributed by atoms with van der Waals surface area (Å²) in [5, 5.41) is 0. The van der Waals surface area contributed by atoms with Gasteiger partial charge in [0.25, 0.3) is 0 Å². The van der Waals surface area contributed by atoms with Gasteiger partial charge in [-0.25, -0.2) is 0 Å². The van der Waals surface area contributed by atoms with Gasteiger partial charge in [-0.05, 0) is 0 Å². The molecule has 56 valence electrons. The molecule has 3 nitrogen and oxygen atoms in total. The molecule has 0 bridgehead atoms. The monoisotopic (exact) mass is 153 g/mol. The zero-order valence-electron chi connectivity index (χ0n) is 4.53. The molecule has 10 heavy (non-hydrogen) atoms. The molecule has 0 aromatic heterocycles. The smallest absolute Gasteiger partial charge is 0.405 e. The van der Waals surface area contributed by atoms with Crippen molar-refractivity contribution in [3.8, 4) is 0 Å². The van der Waals surface area contributed by atoms with E-state index < -0.39 is 12.1 Å². The SMILES string of the molecule is FC(F)(F)OC1=CNO[C]1. The average Bonchev–Trinajstić information content (AvgIpc) is 2.12. The number of alkyl halides is 3. The van der Waals surface area contributed by atoms with Gasteiger partial charge in [-0.2, -0.15) is 0 Å². The van der Waals surface area contributed by atoms with Crippen LogP contribution in [-0.2, 0) is 9.57 Å². The van der Waals surface area contributed by atoms with E-state index >= 15 is 0 Å². The van der Waals surface area contributed by atoms with Crippen LogP contribution in [-0.4, -0.2) is 6.36 Å². The minimum absolute atomic E-state index is 0.521. The van der Waals surface area contributed by atoms with Gasteiger partial charge in [-0.1, -0.05) is 0 Å². The van der Waals surface area contributed by atoms with Crippen LogP contribution in [0.5, 0.6) is 0 Å². The van der Waals surface area contributed by atoms with Gasteiger partial charge in [0.1, 0.15) is 0 Å². The highest BCUT2D eigenvalue weighted by molar-refractivity contribution is 5.02. The van der Waals surface area contributed by atoms with E-state index in [1.165, 1.54) is 0 Å². The summed E-state index contributed by atoms with van der Waals surface area (Å²) in [6.07, 6.45) is -3.79. The summed E-state index contributed by atoms with van der Waals surface area (Å²) in [7, 11) is 0. The predicted molar refractivity (Wildman–Crippen MR) is 22.7 cm³/mol. The minimum atomic E-state index is -4.69. The largest absolute Gasteiger partial charge is 0.572 e. The first kappa shape index (κ1) is 7.20. The van der Waals surface area contributed by atoms with Crippen molar-refractivity contribution in [1.82, 2.24) is 5.48 Å². The lowest BCUT2D eigenvalue weighted by atomic mass is 10.6. The lowest BCUT2D eigenvalue weighted by molar-refractivity contribution is -0.304. The van der Waals surface area contributed by atoms with Crippen molar-refractivity contribution in [1.29, 1.82) is 0 Å². The first-order chi connectivity index (χ1) is 4.58. The molecule has 1 heterocycles. The van der Waals surface area contributed by atoms with Gasteiger partial charge in [0, 0.05) is 0 Å². The van der Waals surface area contributed by atoms with Crippen LogP contribution in [0.4, 0.5) is 13.2 Å². The molecule has 0 saturated carbocycles. The second-order valence-corrected chi connectivity index (χ2v) is 1.38. The minimum Gasteiger partial charge on any atom is -0.405 e. The molecule has 0 aliphatic carbocycles. The maximum Gasteiger partial charge on any atom is 0.572 e. The van der Waals surface area contributed by atoms with E-state index in [2.05, 4.69) is 9.57 Å². The Hall–Kier alpha value is -0.910. The second kappa shape index (κ2) is 2.37. The summed E-state index contributed by atoms with van der Waals surface area (Å²) < 4.78 is 37.3. The third-order valence-corrected chi connectivity index (χ3v) is 0.626. The highest BCUT2D eigenvalue weighted by Gasteiger charge is 2.33. The van der Waals surface area contributed by atoms with Crippen molar-refractivity contribution >= 4 is 0 Å². The van der Waals surface area contributed by atoms with E-state index in [9.17, 15) is 13.2 Å². The standard InChI is InChI=1S/C4H2F3NO2/c5-4(6,7)10-3-1-8-9-2-3/h1,8H. The molecule has 0 spiro atoms. The van der Waals surface area contributed by atoms with Crippen molar-refractivity contribution in [3.05, 3.63) is 18.6 Å². The first-order valence-electron chi connectivity index (χ1n) is 2.21. The Balaban J connectivity index is 2.38. The summed E-state index contributed by atoms with van der Waals surface area (Å²) in [4.78, 5) is 4.09. The van der Waals surface area contributed by atoms with E-state index in [0.29, 0.717) is 0 Å². The maximum absolute atomic E-state index is 11.3. The highest BCUT2D eigenvalue weighted by atomic mass is 19.4. The van der Waals surface area contributed by atoms with Crippen LogP contribution in [0.25, 0.3) is 0 Å². The molecule has 0 atom stereocenters. The molecular weight excluding hydrogens is 151 g/mol. The Kier molecular flexibility index (Phi) is 1.71. The Morgan fingerprint density at radius 1 is 1.60 bits per heavy atom. The Bertz CT molecular complexity index is 153. The molecule has 0 aromatic rings. The zero-order valence-corrected chi connectivity index (χ0v) is 4.53. The van der Waals surface area contributed by atoms with Gasteiger partial charge < -0.3 is 4.74 Å². The Morgan fingerprint density at radius 2 is 2.30 bits per heavy atom. The first-order valence-corrected chi connectivity index (χ1v) is 2.21. The van der Waals surface area contributed by atoms with Gasteiger partial charge in [-0.3, -0.25) is 10.3 Å². The lowest BCUT2D eigenvalue weighted by Crippen LogP contribution is -2.12. The normalized spacial score (nSPS) is 18.1. The number of hydrogen-bond donors (Lipinski definition) is 1. The molecular formula is C4H2F3NO2. The Morgan fingerprint density at radius 3 is 2.70 bits per heavy atom. The summed E-state index contributed by atoms with van der Waals surface area (Å²) in [6.45, 7) is 1.82. The van der Waals surface area contributed by atoms with Crippen LogP contribution in [0.2, 0.25) is 0 Å². The van der Waals surface area contributed by atoms with Crippen molar-refractivity contribution in [2.75, 3.05) is 0 Å². The molecule has 0 unspecified atom stereocenters. The van der Waals surface area contributed by atoms with Gasteiger partial charge in [-0.15, -0.1) is 13.2 Å². The van der Waals surface area contributed by atoms with Crippen LogP contribution >= 0.6 is 0 Å². The second-order valence-electron chi connectivity index (χ2n) is 1.38. The number of rotatable bonds is 1. The Labute approximate surface area is 54.4 Å². The van der Waals surface area contributed by atoms with Gasteiger partial charge in [0.2, 0.25) is 6.61 Å². The lowest BCUT2D eigenvalue weighted by Gasteiger charge is -2.05. The topological polar surface area (TPSA) is 30.5 Å². The third kappa shape index (κ3) is 2.14. The molecule has 2 radical (unpaired) electrons. The maximum atomic E-state index is 11.3. The summed E-state index contributed by atoms with van der Waals surface area (Å²) >= 11 is 0. The van der Waals surface area contributed by atoms with Gasteiger partial charge in [0.15, 0.2) is 5.76 Å². The van der Waals surface area contributed by atoms with Crippen LogP contribution < -0.4 is 5.48 Å². The highest BCUT2D eigenvalue weighted by Crippen LogP contribution is 2.22. The molecule has 6 heteroatoms. The molecule has 1 aliphatic heterocycles. The molecule has 1 rings (SSSR count). The van der Waals surface area contributed by atoms with Crippen LogP contribution in [0.15, 0.2) is 12.0 Å². The molecule has 1 aliphatic rings. The molecule has 0 aromatic carbocycles. The predicted octanol–water partition coefficient (Wildman–Crippen LogP) is 0.938. The number of hydroxylamine groups is 1. The van der Waals surface area contributed by atoms with Crippen molar-refractivity contribution in [3.63, 3.8) is 0 Å². The van der Waals surface area contributed by atoms with E-state index in [-0.39, 0.29) is 0 Å². The van der Waals surface area contributed by atoms with Crippen molar-refractivity contribution < 1.29 is 22.7 Å². The zero-order chi connectivity index (χ0) is 7.61. The average molecular weight is 153 g/mol. The fourth-order valence-electron chi connectivity index (χ4n) is 0.367. The fourth-order valence-corrected chi connectivity index (χ4v) is 0.367. The number of nitrogens with one attached hydrogen (secondary N) is 1. The van der Waals surface area contributed by atoms with E-state index in [1.54, 1.807) is 0 Å². The van der Waals surface area contributed by atoms with Crippen LogP contribution in [0.1, 0.15) is 0 Å². The third-order valence-electron chi connectivity index (χ3n) is 0.626. The summed E-state index contributed by atoms with van der Waals surface area (Å²) in [6, 6.07) is 0. The molecule has 1 N–H and O–H groups in total. The molecule has 0 saturated heterocycles. The van der Waals surface area contributed by atoms with Crippen molar-refractivity contribution in [2.45, 2.75) is 6.36 Å². The number of ether oxygens (including phenoxy) is 1. The van der Waals surface area contributed by atoms with Crippen molar-refractivity contribution in [2.24, 2.45) is 0 Å². The number of hydrogen-bond acceptors (Lipinski definition) is 3. The van der Waals surface area contributed by atoms with Gasteiger partial charge >= 0.3 is 6.36 Å².